The highest BCUT2D eigenvalue weighted by Crippen LogP contribution is 2.17. The minimum absolute atomic E-state index is 0. The summed E-state index contributed by atoms with van der Waals surface area (Å²) >= 11 is 1.69. The second-order valence-corrected chi connectivity index (χ2v) is 6.69. The molecule has 0 aliphatic heterocycles. The van der Waals surface area contributed by atoms with E-state index in [-0.39, 0.29) is 29.8 Å². The fourth-order valence-corrected chi connectivity index (χ4v) is 3.02. The van der Waals surface area contributed by atoms with E-state index in [1.807, 2.05) is 25.8 Å². The van der Waals surface area contributed by atoms with Gasteiger partial charge in [0.05, 0.1) is 12.2 Å². The van der Waals surface area contributed by atoms with Crippen LogP contribution < -0.4 is 5.32 Å². The average molecular weight is 462 g/mol. The van der Waals surface area contributed by atoms with Crippen molar-refractivity contribution in [2.24, 2.45) is 4.99 Å². The highest BCUT2D eigenvalue weighted by atomic mass is 127. The van der Waals surface area contributed by atoms with Crippen molar-refractivity contribution in [1.82, 2.24) is 15.2 Å². The molecule has 0 radical (unpaired) electrons. The molecule has 0 fully saturated rings. The van der Waals surface area contributed by atoms with E-state index < -0.39 is 0 Å². The molecule has 0 bridgehead atoms. The van der Waals surface area contributed by atoms with Crippen molar-refractivity contribution in [1.29, 1.82) is 0 Å². The number of aliphatic imine (C=N–C) groups is 1. The van der Waals surface area contributed by atoms with Gasteiger partial charge in [-0.1, -0.05) is 12.1 Å². The molecule has 4 nitrogen and oxygen atoms in total. The van der Waals surface area contributed by atoms with Crippen molar-refractivity contribution >= 4 is 41.3 Å². The Bertz CT molecular complexity index is 650. The third-order valence-electron chi connectivity index (χ3n) is 3.47. The molecular weight excluding hydrogens is 438 g/mol. The molecule has 0 atom stereocenters. The minimum atomic E-state index is -0.216. The summed E-state index contributed by atoms with van der Waals surface area (Å²) in [7, 11) is 1.98. The second-order valence-electron chi connectivity index (χ2n) is 5.40. The van der Waals surface area contributed by atoms with Crippen LogP contribution in [0.2, 0.25) is 0 Å². The first-order valence-electron chi connectivity index (χ1n) is 7.66. The van der Waals surface area contributed by atoms with E-state index in [2.05, 4.69) is 22.2 Å². The molecule has 7 heteroatoms. The molecule has 0 amide bonds. The van der Waals surface area contributed by atoms with Gasteiger partial charge in [0.15, 0.2) is 5.96 Å². The van der Waals surface area contributed by atoms with Gasteiger partial charge in [0, 0.05) is 25.0 Å². The maximum absolute atomic E-state index is 13.0. The number of thiazole rings is 1. The normalized spacial score (nSPS) is 11.1. The molecule has 1 aromatic carbocycles. The smallest absolute Gasteiger partial charge is 0.194 e. The standard InChI is InChI=1S/C17H23FN4S.HI/c1-5-19-17(20-10-16-21-12(2)13(3)23-16)22(4)11-14-6-8-15(18)9-7-14;/h6-9H,5,10-11H2,1-4H3,(H,19,20);1H. The molecule has 132 valence electrons. The van der Waals surface area contributed by atoms with E-state index in [1.165, 1.54) is 17.0 Å². The number of aryl methyl sites for hydroxylation is 2. The van der Waals surface area contributed by atoms with Gasteiger partial charge < -0.3 is 10.2 Å². The summed E-state index contributed by atoms with van der Waals surface area (Å²) in [4.78, 5) is 12.4. The predicted molar refractivity (Wildman–Crippen MR) is 110 cm³/mol. The van der Waals surface area contributed by atoms with Gasteiger partial charge in [0.1, 0.15) is 10.8 Å². The number of nitrogens with zero attached hydrogens (tertiary/aromatic N) is 3. The lowest BCUT2D eigenvalue weighted by Gasteiger charge is -2.22. The Balaban J connectivity index is 0.00000288. The minimum Gasteiger partial charge on any atom is -0.357 e. The molecular formula is C17H24FIN4S. The summed E-state index contributed by atoms with van der Waals surface area (Å²) < 4.78 is 13.0. The predicted octanol–water partition coefficient (Wildman–Crippen LogP) is 4.11. The van der Waals surface area contributed by atoms with E-state index in [4.69, 9.17) is 0 Å². The van der Waals surface area contributed by atoms with Crippen LogP contribution in [0.15, 0.2) is 29.3 Å². The van der Waals surface area contributed by atoms with E-state index >= 15 is 0 Å². The number of hydrogen-bond acceptors (Lipinski definition) is 3. The van der Waals surface area contributed by atoms with Crippen molar-refractivity contribution in [3.63, 3.8) is 0 Å². The second kappa shape index (κ2) is 9.93. The fraction of sp³-hybridized carbons (Fsp3) is 0.412. The van der Waals surface area contributed by atoms with Gasteiger partial charge in [0.25, 0.3) is 0 Å². The van der Waals surface area contributed by atoms with E-state index in [0.717, 1.165) is 28.8 Å². The fourth-order valence-electron chi connectivity index (χ4n) is 2.16. The maximum atomic E-state index is 13.0. The zero-order chi connectivity index (χ0) is 16.8. The van der Waals surface area contributed by atoms with Gasteiger partial charge in [-0.3, -0.25) is 0 Å². The average Bonchev–Trinajstić information content (AvgIpc) is 2.84. The lowest BCUT2D eigenvalue weighted by atomic mass is 10.2. The zero-order valence-electron chi connectivity index (χ0n) is 14.5. The van der Waals surface area contributed by atoms with Crippen LogP contribution in [0.1, 0.15) is 28.1 Å². The Morgan fingerprint density at radius 3 is 2.50 bits per heavy atom. The SMILES string of the molecule is CCNC(=NCc1nc(C)c(C)s1)N(C)Cc1ccc(F)cc1.I. The van der Waals surface area contributed by atoms with Crippen molar-refractivity contribution in [3.8, 4) is 0 Å². The Hall–Kier alpha value is -1.22. The molecule has 24 heavy (non-hydrogen) atoms. The van der Waals surface area contributed by atoms with E-state index in [1.54, 1.807) is 23.5 Å². The number of guanidine groups is 1. The molecule has 0 saturated heterocycles. The summed E-state index contributed by atoms with van der Waals surface area (Å²) in [6.07, 6.45) is 0. The monoisotopic (exact) mass is 462 g/mol. The van der Waals surface area contributed by atoms with Crippen molar-refractivity contribution in [2.45, 2.75) is 33.9 Å². The van der Waals surface area contributed by atoms with Crippen LogP contribution in [0.5, 0.6) is 0 Å². The summed E-state index contributed by atoms with van der Waals surface area (Å²) in [5.41, 5.74) is 2.12. The van der Waals surface area contributed by atoms with Gasteiger partial charge in [-0.15, -0.1) is 35.3 Å². The lowest BCUT2D eigenvalue weighted by Crippen LogP contribution is -2.38. The highest BCUT2D eigenvalue weighted by Gasteiger charge is 2.08. The third kappa shape index (κ3) is 6.01. The molecule has 0 unspecified atom stereocenters. The Kier molecular flexibility index (Phi) is 8.61. The first-order valence-corrected chi connectivity index (χ1v) is 8.48. The van der Waals surface area contributed by atoms with Gasteiger partial charge in [0.2, 0.25) is 0 Å². The zero-order valence-corrected chi connectivity index (χ0v) is 17.6. The molecule has 2 aromatic rings. The van der Waals surface area contributed by atoms with Crippen molar-refractivity contribution < 1.29 is 4.39 Å². The topological polar surface area (TPSA) is 40.5 Å². The van der Waals surface area contributed by atoms with Crippen LogP contribution in [0.4, 0.5) is 4.39 Å². The summed E-state index contributed by atoms with van der Waals surface area (Å²) in [5.74, 6) is 0.605. The number of halogens is 2. The molecule has 0 saturated carbocycles. The molecule has 1 N–H and O–H groups in total. The Morgan fingerprint density at radius 2 is 1.96 bits per heavy atom. The number of benzene rings is 1. The van der Waals surface area contributed by atoms with Gasteiger partial charge in [-0.2, -0.15) is 0 Å². The number of aromatic nitrogens is 1. The first-order chi connectivity index (χ1) is 11.0. The number of rotatable bonds is 5. The molecule has 2 rings (SSSR count). The van der Waals surface area contributed by atoms with Crippen molar-refractivity contribution in [2.75, 3.05) is 13.6 Å². The van der Waals surface area contributed by atoms with Crippen LogP contribution in [-0.2, 0) is 13.1 Å². The molecule has 0 spiro atoms. The maximum Gasteiger partial charge on any atom is 0.194 e. The lowest BCUT2D eigenvalue weighted by molar-refractivity contribution is 0.476. The quantitative estimate of drug-likeness (QED) is 0.413. The molecule has 0 aliphatic carbocycles. The summed E-state index contributed by atoms with van der Waals surface area (Å²) in [6, 6.07) is 6.55. The number of hydrogen-bond donors (Lipinski definition) is 1. The van der Waals surface area contributed by atoms with Crippen LogP contribution >= 0.6 is 35.3 Å². The van der Waals surface area contributed by atoms with E-state index in [0.29, 0.717) is 13.1 Å². The highest BCUT2D eigenvalue weighted by molar-refractivity contribution is 14.0. The molecule has 1 heterocycles. The van der Waals surface area contributed by atoms with Crippen LogP contribution in [0.3, 0.4) is 0 Å². The molecule has 1 aromatic heterocycles. The Morgan fingerprint density at radius 1 is 1.29 bits per heavy atom. The van der Waals surface area contributed by atoms with Crippen LogP contribution in [-0.4, -0.2) is 29.4 Å². The summed E-state index contributed by atoms with van der Waals surface area (Å²) in [5, 5.41) is 4.30. The van der Waals surface area contributed by atoms with Crippen LogP contribution in [0.25, 0.3) is 0 Å². The van der Waals surface area contributed by atoms with Gasteiger partial charge in [-0.05, 0) is 38.5 Å². The van der Waals surface area contributed by atoms with Gasteiger partial charge in [-0.25, -0.2) is 14.4 Å². The van der Waals surface area contributed by atoms with E-state index in [9.17, 15) is 4.39 Å². The third-order valence-corrected chi connectivity index (χ3v) is 4.52. The first kappa shape index (κ1) is 20.8. The van der Waals surface area contributed by atoms with Gasteiger partial charge >= 0.3 is 0 Å². The number of nitrogens with one attached hydrogen (secondary N) is 1. The largest absolute Gasteiger partial charge is 0.357 e. The van der Waals surface area contributed by atoms with Crippen molar-refractivity contribution in [3.05, 3.63) is 51.2 Å². The Labute approximate surface area is 164 Å². The van der Waals surface area contributed by atoms with Crippen LogP contribution in [0, 0.1) is 19.7 Å². The molecule has 0 aliphatic rings. The summed E-state index contributed by atoms with van der Waals surface area (Å²) in [6.45, 7) is 8.16.